The van der Waals surface area contributed by atoms with E-state index < -0.39 is 5.97 Å². The van der Waals surface area contributed by atoms with Crippen molar-refractivity contribution in [3.05, 3.63) is 0 Å². The monoisotopic (exact) mass is 286 g/mol. The smallest absolute Gasteiger partial charge is 0.320 e. The standard InChI is InChI=1S/C14H28N2O2.C2H6/c1-4-9-16(13(5-2)14(17)18)12-7-10-15(6-3)11-8-12;1-2/h12-13H,4-11H2,1-3H3,(H,17,18);1-2H3. The van der Waals surface area contributed by atoms with E-state index in [0.717, 1.165) is 45.4 Å². The van der Waals surface area contributed by atoms with Gasteiger partial charge in [-0.05, 0) is 51.9 Å². The third-order valence-electron chi connectivity index (χ3n) is 4.03. The molecule has 0 spiro atoms. The van der Waals surface area contributed by atoms with E-state index in [1.54, 1.807) is 0 Å². The zero-order chi connectivity index (χ0) is 15.5. The molecule has 1 atom stereocenters. The van der Waals surface area contributed by atoms with Gasteiger partial charge >= 0.3 is 5.97 Å². The van der Waals surface area contributed by atoms with Crippen LogP contribution in [0.3, 0.4) is 0 Å². The number of aliphatic carboxylic acids is 1. The molecular formula is C16H34N2O2. The second-order valence-corrected chi connectivity index (χ2v) is 5.17. The molecule has 4 heteroatoms. The second-order valence-electron chi connectivity index (χ2n) is 5.17. The van der Waals surface area contributed by atoms with E-state index in [2.05, 4.69) is 23.6 Å². The highest BCUT2D eigenvalue weighted by molar-refractivity contribution is 5.73. The van der Waals surface area contributed by atoms with E-state index >= 15 is 0 Å². The summed E-state index contributed by atoms with van der Waals surface area (Å²) in [6.45, 7) is 14.5. The number of nitrogens with zero attached hydrogens (tertiary/aromatic N) is 2. The van der Waals surface area contributed by atoms with Crippen LogP contribution in [0.25, 0.3) is 0 Å². The highest BCUT2D eigenvalue weighted by Crippen LogP contribution is 2.20. The summed E-state index contributed by atoms with van der Waals surface area (Å²) < 4.78 is 0. The summed E-state index contributed by atoms with van der Waals surface area (Å²) in [6.07, 6.45) is 3.94. The van der Waals surface area contributed by atoms with Crippen LogP contribution in [0.5, 0.6) is 0 Å². The summed E-state index contributed by atoms with van der Waals surface area (Å²) in [4.78, 5) is 16.0. The number of carboxylic acid groups (broad SMARTS) is 1. The van der Waals surface area contributed by atoms with E-state index in [4.69, 9.17) is 0 Å². The van der Waals surface area contributed by atoms with Gasteiger partial charge in [0.2, 0.25) is 0 Å². The van der Waals surface area contributed by atoms with Crippen molar-refractivity contribution < 1.29 is 9.90 Å². The summed E-state index contributed by atoms with van der Waals surface area (Å²) in [5.74, 6) is -0.663. The van der Waals surface area contributed by atoms with E-state index in [9.17, 15) is 9.90 Å². The molecule has 0 saturated carbocycles. The fraction of sp³-hybridized carbons (Fsp3) is 0.938. The third kappa shape index (κ3) is 5.80. The maximum absolute atomic E-state index is 11.4. The van der Waals surface area contributed by atoms with Gasteiger partial charge in [-0.1, -0.05) is 34.6 Å². The fourth-order valence-corrected chi connectivity index (χ4v) is 2.97. The van der Waals surface area contributed by atoms with Crippen LogP contribution in [0.15, 0.2) is 0 Å². The molecule has 0 bridgehead atoms. The molecule has 1 fully saturated rings. The summed E-state index contributed by atoms with van der Waals surface area (Å²) in [6, 6.07) is 0.150. The Morgan fingerprint density at radius 1 is 1.25 bits per heavy atom. The number of hydrogen-bond acceptors (Lipinski definition) is 3. The Kier molecular flexibility index (Phi) is 10.8. The molecule has 1 aliphatic rings. The Morgan fingerprint density at radius 2 is 1.80 bits per heavy atom. The van der Waals surface area contributed by atoms with Gasteiger partial charge in [0.05, 0.1) is 0 Å². The number of piperidine rings is 1. The minimum absolute atomic E-state index is 0.303. The van der Waals surface area contributed by atoms with Gasteiger partial charge in [0.1, 0.15) is 6.04 Å². The second kappa shape index (κ2) is 11.1. The summed E-state index contributed by atoms with van der Waals surface area (Å²) in [7, 11) is 0. The molecule has 0 aliphatic carbocycles. The van der Waals surface area contributed by atoms with E-state index in [0.29, 0.717) is 12.5 Å². The number of carboxylic acids is 1. The fourth-order valence-electron chi connectivity index (χ4n) is 2.97. The van der Waals surface area contributed by atoms with Crippen LogP contribution < -0.4 is 0 Å². The van der Waals surface area contributed by atoms with Crippen molar-refractivity contribution in [2.45, 2.75) is 72.4 Å². The van der Waals surface area contributed by atoms with Crippen molar-refractivity contribution >= 4 is 5.97 Å². The Morgan fingerprint density at radius 3 is 2.15 bits per heavy atom. The summed E-state index contributed by atoms with van der Waals surface area (Å²) in [5, 5.41) is 9.35. The lowest BCUT2D eigenvalue weighted by Crippen LogP contribution is -2.51. The highest BCUT2D eigenvalue weighted by atomic mass is 16.4. The predicted molar refractivity (Wildman–Crippen MR) is 85.2 cm³/mol. The quantitative estimate of drug-likeness (QED) is 0.781. The van der Waals surface area contributed by atoms with Crippen LogP contribution in [0.2, 0.25) is 0 Å². The van der Waals surface area contributed by atoms with Gasteiger partial charge in [-0.15, -0.1) is 0 Å². The van der Waals surface area contributed by atoms with E-state index in [1.807, 2.05) is 20.8 Å². The molecule has 4 nitrogen and oxygen atoms in total. The Hall–Kier alpha value is -0.610. The Balaban J connectivity index is 0.00000172. The van der Waals surface area contributed by atoms with Crippen LogP contribution in [-0.4, -0.2) is 59.1 Å². The SMILES string of the molecule is CC.CCCN(C1CCN(CC)CC1)C(CC)C(=O)O. The minimum atomic E-state index is -0.663. The predicted octanol–water partition coefficient (Wildman–Crippen LogP) is 3.07. The van der Waals surface area contributed by atoms with Gasteiger partial charge in [0, 0.05) is 6.04 Å². The molecule has 20 heavy (non-hydrogen) atoms. The van der Waals surface area contributed by atoms with Crippen molar-refractivity contribution in [3.63, 3.8) is 0 Å². The van der Waals surface area contributed by atoms with Gasteiger partial charge in [0.25, 0.3) is 0 Å². The maximum atomic E-state index is 11.4. The van der Waals surface area contributed by atoms with Gasteiger partial charge in [-0.2, -0.15) is 0 Å². The molecule has 0 amide bonds. The van der Waals surface area contributed by atoms with Gasteiger partial charge < -0.3 is 10.0 Å². The molecule has 1 rings (SSSR count). The van der Waals surface area contributed by atoms with Gasteiger partial charge in [0.15, 0.2) is 0 Å². The van der Waals surface area contributed by atoms with Crippen LogP contribution in [0, 0.1) is 0 Å². The summed E-state index contributed by atoms with van der Waals surface area (Å²) >= 11 is 0. The van der Waals surface area contributed by atoms with Gasteiger partial charge in [-0.3, -0.25) is 9.69 Å². The lowest BCUT2D eigenvalue weighted by Gasteiger charge is -2.40. The largest absolute Gasteiger partial charge is 0.480 e. The zero-order valence-electron chi connectivity index (χ0n) is 14.1. The van der Waals surface area contributed by atoms with E-state index in [-0.39, 0.29) is 6.04 Å². The molecule has 0 aromatic rings. The third-order valence-corrected chi connectivity index (χ3v) is 4.03. The average molecular weight is 286 g/mol. The van der Waals surface area contributed by atoms with Crippen molar-refractivity contribution in [1.82, 2.24) is 9.80 Å². The lowest BCUT2D eigenvalue weighted by atomic mass is 9.99. The van der Waals surface area contributed by atoms with Crippen LogP contribution in [-0.2, 0) is 4.79 Å². The molecule has 1 heterocycles. The molecule has 1 unspecified atom stereocenters. The normalized spacial score (nSPS) is 18.5. The molecule has 1 saturated heterocycles. The number of likely N-dealkylation sites (tertiary alicyclic amines) is 1. The number of hydrogen-bond donors (Lipinski definition) is 1. The van der Waals surface area contributed by atoms with Crippen molar-refractivity contribution in [1.29, 1.82) is 0 Å². The number of carbonyl (C=O) groups is 1. The van der Waals surface area contributed by atoms with Crippen LogP contribution in [0.1, 0.15) is 60.3 Å². The number of rotatable bonds is 7. The van der Waals surface area contributed by atoms with Gasteiger partial charge in [-0.25, -0.2) is 0 Å². The van der Waals surface area contributed by atoms with Crippen molar-refractivity contribution in [2.75, 3.05) is 26.2 Å². The first-order valence-corrected chi connectivity index (χ1v) is 8.34. The molecule has 1 N–H and O–H groups in total. The zero-order valence-corrected chi connectivity index (χ0v) is 14.1. The van der Waals surface area contributed by atoms with Crippen LogP contribution >= 0.6 is 0 Å². The molecule has 0 aromatic carbocycles. The average Bonchev–Trinajstić information content (AvgIpc) is 2.49. The van der Waals surface area contributed by atoms with E-state index in [1.165, 1.54) is 0 Å². The first-order valence-electron chi connectivity index (χ1n) is 8.34. The molecule has 120 valence electrons. The minimum Gasteiger partial charge on any atom is -0.480 e. The highest BCUT2D eigenvalue weighted by Gasteiger charge is 2.31. The maximum Gasteiger partial charge on any atom is 0.320 e. The molecule has 0 aromatic heterocycles. The van der Waals surface area contributed by atoms with Crippen LogP contribution in [0.4, 0.5) is 0 Å². The molecule has 1 aliphatic heterocycles. The summed E-state index contributed by atoms with van der Waals surface area (Å²) in [5.41, 5.74) is 0. The Bertz CT molecular complexity index is 251. The first-order chi connectivity index (χ1) is 9.63. The van der Waals surface area contributed by atoms with Crippen molar-refractivity contribution in [2.24, 2.45) is 0 Å². The first kappa shape index (κ1) is 19.4. The topological polar surface area (TPSA) is 43.8 Å². The Labute approximate surface area is 125 Å². The lowest BCUT2D eigenvalue weighted by molar-refractivity contribution is -0.145. The van der Waals surface area contributed by atoms with Crippen molar-refractivity contribution in [3.8, 4) is 0 Å². The molecular weight excluding hydrogens is 252 g/mol. The molecule has 0 radical (unpaired) electrons.